The van der Waals surface area contributed by atoms with Crippen molar-refractivity contribution in [3.63, 3.8) is 0 Å². The van der Waals surface area contributed by atoms with Gasteiger partial charge in [0.15, 0.2) is 0 Å². The Kier molecular flexibility index (Phi) is 7.38. The standard InChI is InChI=1S/C20H27N3O3S/c1-16-9-10-19(17(2)15-16)27(25,26)22-12-11-20(24)21-13-14-23(3)18-7-5-4-6-8-18/h4-10,15,22H,11-14H2,1-3H3,(H,21,24). The number of nitrogens with one attached hydrogen (secondary N) is 2. The fraction of sp³-hybridized carbons (Fsp3) is 0.350. The second kappa shape index (κ2) is 9.53. The topological polar surface area (TPSA) is 78.5 Å². The van der Waals surface area contributed by atoms with Crippen LogP contribution in [0, 0.1) is 13.8 Å². The molecular formula is C20H27N3O3S. The van der Waals surface area contributed by atoms with E-state index in [0.717, 1.165) is 11.3 Å². The Bertz CT molecular complexity index is 867. The number of benzene rings is 2. The summed E-state index contributed by atoms with van der Waals surface area (Å²) in [6.45, 7) is 4.90. The molecule has 2 rings (SSSR count). The molecule has 27 heavy (non-hydrogen) atoms. The Morgan fingerprint density at radius 2 is 1.74 bits per heavy atom. The van der Waals surface area contributed by atoms with Crippen molar-refractivity contribution < 1.29 is 13.2 Å². The molecule has 0 spiro atoms. The van der Waals surface area contributed by atoms with Crippen molar-refractivity contribution >= 4 is 21.6 Å². The smallest absolute Gasteiger partial charge is 0.240 e. The summed E-state index contributed by atoms with van der Waals surface area (Å²) >= 11 is 0. The van der Waals surface area contributed by atoms with Gasteiger partial charge in [0.2, 0.25) is 15.9 Å². The maximum absolute atomic E-state index is 12.4. The molecule has 0 heterocycles. The molecule has 0 aliphatic carbocycles. The molecule has 7 heteroatoms. The number of amides is 1. The molecule has 2 N–H and O–H groups in total. The lowest BCUT2D eigenvalue weighted by Crippen LogP contribution is -2.35. The molecule has 1 amide bonds. The molecule has 0 saturated heterocycles. The van der Waals surface area contributed by atoms with Crippen LogP contribution in [0.4, 0.5) is 5.69 Å². The molecule has 0 fully saturated rings. The molecule has 2 aromatic rings. The van der Waals surface area contributed by atoms with Gasteiger partial charge in [-0.1, -0.05) is 35.9 Å². The lowest BCUT2D eigenvalue weighted by atomic mass is 10.2. The minimum absolute atomic E-state index is 0.0655. The van der Waals surface area contributed by atoms with Gasteiger partial charge in [-0.05, 0) is 37.6 Å². The number of sulfonamides is 1. The Hall–Kier alpha value is -2.38. The minimum Gasteiger partial charge on any atom is -0.373 e. The number of hydrogen-bond donors (Lipinski definition) is 2. The second-order valence-electron chi connectivity index (χ2n) is 6.52. The number of nitrogens with zero attached hydrogens (tertiary/aromatic N) is 1. The fourth-order valence-electron chi connectivity index (χ4n) is 2.74. The molecule has 0 radical (unpaired) electrons. The Morgan fingerprint density at radius 3 is 2.41 bits per heavy atom. The first-order valence-corrected chi connectivity index (χ1v) is 10.4. The van der Waals surface area contributed by atoms with Crippen molar-refractivity contribution in [3.05, 3.63) is 59.7 Å². The van der Waals surface area contributed by atoms with Crippen LogP contribution in [0.25, 0.3) is 0 Å². The quantitative estimate of drug-likeness (QED) is 0.689. The molecule has 0 aliphatic heterocycles. The molecule has 0 aliphatic rings. The van der Waals surface area contributed by atoms with Gasteiger partial charge in [0.05, 0.1) is 4.90 Å². The zero-order valence-electron chi connectivity index (χ0n) is 16.0. The number of carbonyl (C=O) groups is 1. The molecular weight excluding hydrogens is 362 g/mol. The summed E-state index contributed by atoms with van der Waals surface area (Å²) in [6.07, 6.45) is 0.0964. The van der Waals surface area contributed by atoms with Crippen LogP contribution >= 0.6 is 0 Å². The van der Waals surface area contributed by atoms with E-state index in [1.807, 2.05) is 55.3 Å². The van der Waals surface area contributed by atoms with E-state index in [4.69, 9.17) is 0 Å². The van der Waals surface area contributed by atoms with Crippen LogP contribution in [0.2, 0.25) is 0 Å². The van der Waals surface area contributed by atoms with Crippen LogP contribution in [0.3, 0.4) is 0 Å². The van der Waals surface area contributed by atoms with Gasteiger partial charge in [0, 0.05) is 38.8 Å². The number of anilines is 1. The maximum Gasteiger partial charge on any atom is 0.240 e. The van der Waals surface area contributed by atoms with E-state index >= 15 is 0 Å². The van der Waals surface area contributed by atoms with E-state index in [2.05, 4.69) is 10.0 Å². The predicted octanol–water partition coefficient (Wildman–Crippen LogP) is 2.22. The summed E-state index contributed by atoms with van der Waals surface area (Å²) in [5.41, 5.74) is 2.77. The Balaban J connectivity index is 1.74. The third kappa shape index (κ3) is 6.37. The molecule has 0 unspecified atom stereocenters. The van der Waals surface area contributed by atoms with Gasteiger partial charge in [-0.25, -0.2) is 13.1 Å². The van der Waals surface area contributed by atoms with Crippen molar-refractivity contribution in [1.82, 2.24) is 10.0 Å². The van der Waals surface area contributed by atoms with Crippen molar-refractivity contribution in [2.24, 2.45) is 0 Å². The first-order valence-electron chi connectivity index (χ1n) is 8.89. The SMILES string of the molecule is Cc1ccc(S(=O)(=O)NCCC(=O)NCCN(C)c2ccccc2)c(C)c1. The van der Waals surface area contributed by atoms with Crippen molar-refractivity contribution in [2.75, 3.05) is 31.6 Å². The minimum atomic E-state index is -3.61. The molecule has 0 bridgehead atoms. The van der Waals surface area contributed by atoms with Crippen LogP contribution in [-0.4, -0.2) is 41.0 Å². The highest BCUT2D eigenvalue weighted by Crippen LogP contribution is 2.16. The molecule has 0 aromatic heterocycles. The first-order chi connectivity index (χ1) is 12.8. The zero-order chi connectivity index (χ0) is 19.9. The van der Waals surface area contributed by atoms with Crippen molar-refractivity contribution in [1.29, 1.82) is 0 Å². The lowest BCUT2D eigenvalue weighted by Gasteiger charge is -2.19. The van der Waals surface area contributed by atoms with Gasteiger partial charge >= 0.3 is 0 Å². The average Bonchev–Trinajstić information content (AvgIpc) is 2.61. The van der Waals surface area contributed by atoms with Gasteiger partial charge in [-0.3, -0.25) is 4.79 Å². The van der Waals surface area contributed by atoms with Crippen LogP contribution in [-0.2, 0) is 14.8 Å². The van der Waals surface area contributed by atoms with E-state index < -0.39 is 10.0 Å². The van der Waals surface area contributed by atoms with Gasteiger partial charge in [0.1, 0.15) is 0 Å². The zero-order valence-corrected chi connectivity index (χ0v) is 16.8. The summed E-state index contributed by atoms with van der Waals surface area (Å²) in [5.74, 6) is -0.181. The van der Waals surface area contributed by atoms with Crippen LogP contribution in [0.5, 0.6) is 0 Å². The van der Waals surface area contributed by atoms with Gasteiger partial charge in [0.25, 0.3) is 0 Å². The molecule has 2 aromatic carbocycles. The fourth-order valence-corrected chi connectivity index (χ4v) is 4.00. The van der Waals surface area contributed by atoms with Gasteiger partial charge in [-0.15, -0.1) is 0 Å². The van der Waals surface area contributed by atoms with Crippen molar-refractivity contribution in [3.8, 4) is 0 Å². The second-order valence-corrected chi connectivity index (χ2v) is 8.26. The summed E-state index contributed by atoms with van der Waals surface area (Å²) in [6, 6.07) is 15.1. The number of aryl methyl sites for hydroxylation is 2. The predicted molar refractivity (Wildman–Crippen MR) is 108 cm³/mol. The van der Waals surface area contributed by atoms with E-state index in [1.54, 1.807) is 19.1 Å². The summed E-state index contributed by atoms with van der Waals surface area (Å²) in [5, 5.41) is 2.81. The average molecular weight is 390 g/mol. The first kappa shape index (κ1) is 20.9. The lowest BCUT2D eigenvalue weighted by molar-refractivity contribution is -0.120. The number of likely N-dealkylation sites (N-methyl/N-ethyl adjacent to an activating group) is 1. The van der Waals surface area contributed by atoms with E-state index in [9.17, 15) is 13.2 Å². The number of carbonyl (C=O) groups excluding carboxylic acids is 1. The van der Waals surface area contributed by atoms with Gasteiger partial charge < -0.3 is 10.2 Å². The van der Waals surface area contributed by atoms with E-state index in [-0.39, 0.29) is 23.8 Å². The highest BCUT2D eigenvalue weighted by molar-refractivity contribution is 7.89. The van der Waals surface area contributed by atoms with E-state index in [1.165, 1.54) is 0 Å². The number of hydrogen-bond acceptors (Lipinski definition) is 4. The Morgan fingerprint density at radius 1 is 1.04 bits per heavy atom. The highest BCUT2D eigenvalue weighted by Gasteiger charge is 2.16. The maximum atomic E-state index is 12.4. The monoisotopic (exact) mass is 389 g/mol. The van der Waals surface area contributed by atoms with Crippen LogP contribution in [0.1, 0.15) is 17.5 Å². The summed E-state index contributed by atoms with van der Waals surface area (Å²) in [7, 11) is -1.65. The summed E-state index contributed by atoms with van der Waals surface area (Å²) in [4.78, 5) is 14.2. The molecule has 146 valence electrons. The summed E-state index contributed by atoms with van der Waals surface area (Å²) < 4.78 is 27.2. The normalized spacial score (nSPS) is 11.2. The van der Waals surface area contributed by atoms with Gasteiger partial charge in [-0.2, -0.15) is 0 Å². The van der Waals surface area contributed by atoms with Crippen LogP contribution in [0.15, 0.2) is 53.4 Å². The number of para-hydroxylation sites is 1. The Labute approximate surface area is 161 Å². The third-order valence-electron chi connectivity index (χ3n) is 4.23. The van der Waals surface area contributed by atoms with Crippen LogP contribution < -0.4 is 14.9 Å². The third-order valence-corrected chi connectivity index (χ3v) is 5.85. The molecule has 6 nitrogen and oxygen atoms in total. The molecule has 0 atom stereocenters. The largest absolute Gasteiger partial charge is 0.373 e. The van der Waals surface area contributed by atoms with Crippen molar-refractivity contribution in [2.45, 2.75) is 25.2 Å². The molecule has 0 saturated carbocycles. The van der Waals surface area contributed by atoms with E-state index in [0.29, 0.717) is 18.7 Å². The highest BCUT2D eigenvalue weighted by atomic mass is 32.2. The number of rotatable bonds is 9.